The Kier molecular flexibility index (Phi) is 5.90. The van der Waals surface area contributed by atoms with Gasteiger partial charge in [-0.05, 0) is 62.8 Å². The molecule has 0 radical (unpaired) electrons. The molecule has 4 rings (SSSR count). The topological polar surface area (TPSA) is 74.8 Å². The van der Waals surface area contributed by atoms with Crippen molar-refractivity contribution in [3.63, 3.8) is 0 Å². The fourth-order valence-corrected chi connectivity index (χ4v) is 4.88. The van der Waals surface area contributed by atoms with E-state index in [1.807, 2.05) is 42.5 Å². The second kappa shape index (κ2) is 8.74. The Morgan fingerprint density at radius 3 is 2.86 bits per heavy atom. The maximum atomic E-state index is 12.4. The fraction of sp³-hybridized carbons (Fsp3) is 0.348. The number of aryl methyl sites for hydroxylation is 4. The predicted molar refractivity (Wildman–Crippen MR) is 117 cm³/mol. The summed E-state index contributed by atoms with van der Waals surface area (Å²) < 4.78 is 0. The molecule has 2 heterocycles. The quantitative estimate of drug-likeness (QED) is 0.606. The average Bonchev–Trinajstić information content (AvgIpc) is 3.14. The largest absolute Gasteiger partial charge is 0.352 e. The molecule has 1 aromatic carbocycles. The van der Waals surface area contributed by atoms with Crippen LogP contribution < -0.4 is 10.9 Å². The number of pyridine rings is 1. The Morgan fingerprint density at radius 1 is 1.21 bits per heavy atom. The molecular weight excluding hydrogens is 382 g/mol. The molecule has 0 aliphatic heterocycles. The van der Waals surface area contributed by atoms with Crippen molar-refractivity contribution in [2.24, 2.45) is 0 Å². The highest BCUT2D eigenvalue weighted by Gasteiger charge is 2.15. The summed E-state index contributed by atoms with van der Waals surface area (Å²) in [5, 5.41) is 4.02. The Bertz CT molecular complexity index is 1060. The normalized spacial score (nSPS) is 13.1. The van der Waals surface area contributed by atoms with Crippen LogP contribution in [0.25, 0.3) is 11.3 Å². The number of aromatic amines is 1. The third-order valence-electron chi connectivity index (χ3n) is 5.23. The summed E-state index contributed by atoms with van der Waals surface area (Å²) in [6.07, 6.45) is 6.44. The number of H-pyrrole nitrogens is 1. The number of aromatic nitrogens is 2. The minimum absolute atomic E-state index is 0.145. The van der Waals surface area contributed by atoms with E-state index in [2.05, 4.69) is 10.3 Å². The first-order chi connectivity index (χ1) is 14.1. The van der Waals surface area contributed by atoms with E-state index in [0.717, 1.165) is 41.8 Å². The van der Waals surface area contributed by atoms with E-state index in [1.54, 1.807) is 12.1 Å². The lowest BCUT2D eigenvalue weighted by molar-refractivity contribution is 0.0951. The van der Waals surface area contributed by atoms with Crippen molar-refractivity contribution in [2.45, 2.75) is 45.4 Å². The number of fused-ring (bicyclic) bond motifs is 1. The van der Waals surface area contributed by atoms with E-state index in [-0.39, 0.29) is 17.0 Å². The predicted octanol–water partition coefficient (Wildman–Crippen LogP) is 4.05. The van der Waals surface area contributed by atoms with Gasteiger partial charge in [-0.3, -0.25) is 9.59 Å². The minimum atomic E-state index is -0.367. The first-order valence-corrected chi connectivity index (χ1v) is 11.0. The molecule has 3 aromatic rings. The van der Waals surface area contributed by atoms with Crippen LogP contribution >= 0.6 is 11.3 Å². The van der Waals surface area contributed by atoms with E-state index in [4.69, 9.17) is 4.98 Å². The molecule has 150 valence electrons. The van der Waals surface area contributed by atoms with Crippen molar-refractivity contribution in [1.82, 2.24) is 15.3 Å². The van der Waals surface area contributed by atoms with Crippen molar-refractivity contribution in [2.75, 3.05) is 6.54 Å². The smallest absolute Gasteiger partial charge is 0.261 e. The van der Waals surface area contributed by atoms with Crippen molar-refractivity contribution in [3.05, 3.63) is 73.5 Å². The lowest BCUT2D eigenvalue weighted by Gasteiger charge is -2.06. The molecule has 1 aliphatic rings. The van der Waals surface area contributed by atoms with Crippen LogP contribution in [0.2, 0.25) is 0 Å². The summed E-state index contributed by atoms with van der Waals surface area (Å²) in [4.78, 5) is 33.8. The first-order valence-electron chi connectivity index (χ1n) is 10.2. The highest BCUT2D eigenvalue weighted by Crippen LogP contribution is 2.27. The van der Waals surface area contributed by atoms with Gasteiger partial charge in [-0.15, -0.1) is 11.3 Å². The van der Waals surface area contributed by atoms with Crippen LogP contribution in [-0.2, 0) is 19.3 Å². The van der Waals surface area contributed by atoms with Gasteiger partial charge in [0.1, 0.15) is 5.56 Å². The fourth-order valence-electron chi connectivity index (χ4n) is 3.68. The number of nitrogens with one attached hydrogen (secondary N) is 2. The van der Waals surface area contributed by atoms with Crippen molar-refractivity contribution in [3.8, 4) is 11.3 Å². The maximum Gasteiger partial charge on any atom is 0.261 e. The Balaban J connectivity index is 1.32. The van der Waals surface area contributed by atoms with Gasteiger partial charge in [-0.2, -0.15) is 0 Å². The summed E-state index contributed by atoms with van der Waals surface area (Å²) in [5.41, 5.74) is 3.81. The van der Waals surface area contributed by atoms with Crippen LogP contribution in [0.5, 0.6) is 0 Å². The van der Waals surface area contributed by atoms with Gasteiger partial charge in [-0.1, -0.05) is 23.8 Å². The molecule has 0 saturated heterocycles. The zero-order valence-corrected chi connectivity index (χ0v) is 17.4. The van der Waals surface area contributed by atoms with Crippen LogP contribution in [0.15, 0.2) is 41.2 Å². The zero-order chi connectivity index (χ0) is 20.2. The molecule has 0 unspecified atom stereocenters. The number of hydrogen-bond donors (Lipinski definition) is 2. The number of carbonyl (C=O) groups excluding carboxylic acids is 1. The van der Waals surface area contributed by atoms with Gasteiger partial charge in [0.15, 0.2) is 0 Å². The maximum absolute atomic E-state index is 12.4. The van der Waals surface area contributed by atoms with Crippen molar-refractivity contribution < 1.29 is 4.79 Å². The van der Waals surface area contributed by atoms with Crippen LogP contribution in [0, 0.1) is 6.92 Å². The highest BCUT2D eigenvalue weighted by atomic mass is 32.1. The molecule has 0 saturated carbocycles. The van der Waals surface area contributed by atoms with Gasteiger partial charge in [0.25, 0.3) is 11.5 Å². The third kappa shape index (κ3) is 4.65. The summed E-state index contributed by atoms with van der Waals surface area (Å²) in [6.45, 7) is 2.53. The third-order valence-corrected chi connectivity index (χ3v) is 6.44. The van der Waals surface area contributed by atoms with Crippen LogP contribution in [0.3, 0.4) is 0 Å². The van der Waals surface area contributed by atoms with E-state index in [9.17, 15) is 9.59 Å². The SMILES string of the molecule is Cc1cccc(-c2ccc(C(=O)NCCCc3nc4c(s3)CCCC4)c(=O)[nH]2)c1. The van der Waals surface area contributed by atoms with Crippen LogP contribution in [0.1, 0.15) is 50.8 Å². The molecular formula is C23H25N3O2S. The van der Waals surface area contributed by atoms with Crippen LogP contribution in [0.4, 0.5) is 0 Å². The molecule has 2 N–H and O–H groups in total. The summed E-state index contributed by atoms with van der Waals surface area (Å²) in [5.74, 6) is -0.333. The Hall–Kier alpha value is -2.73. The second-order valence-electron chi connectivity index (χ2n) is 7.53. The van der Waals surface area contributed by atoms with Crippen molar-refractivity contribution in [1.29, 1.82) is 0 Å². The lowest BCUT2D eigenvalue weighted by atomic mass is 10.0. The van der Waals surface area contributed by atoms with E-state index < -0.39 is 0 Å². The monoisotopic (exact) mass is 407 g/mol. The van der Waals surface area contributed by atoms with Gasteiger partial charge in [-0.25, -0.2) is 4.98 Å². The molecule has 1 aliphatic carbocycles. The Labute approximate surface area is 174 Å². The molecule has 6 heteroatoms. The highest BCUT2D eigenvalue weighted by molar-refractivity contribution is 7.11. The molecule has 2 aromatic heterocycles. The average molecular weight is 408 g/mol. The molecule has 29 heavy (non-hydrogen) atoms. The standard InChI is InChI=1S/C23H25N3O2S/c1-15-6-4-7-16(14-15)18-12-11-17(23(28)26-18)22(27)24-13-5-10-21-25-19-8-2-3-9-20(19)29-21/h4,6-7,11-12,14H,2-3,5,8-10,13H2,1H3,(H,24,27)(H,26,28). The van der Waals surface area contributed by atoms with Gasteiger partial charge >= 0.3 is 0 Å². The van der Waals surface area contributed by atoms with Gasteiger partial charge in [0.05, 0.1) is 10.7 Å². The molecule has 0 atom stereocenters. The molecule has 1 amide bonds. The minimum Gasteiger partial charge on any atom is -0.352 e. The van der Waals surface area contributed by atoms with Crippen molar-refractivity contribution >= 4 is 17.2 Å². The second-order valence-corrected chi connectivity index (χ2v) is 8.70. The van der Waals surface area contributed by atoms with Gasteiger partial charge in [0, 0.05) is 23.5 Å². The summed E-state index contributed by atoms with van der Waals surface area (Å²) >= 11 is 1.81. The number of benzene rings is 1. The lowest BCUT2D eigenvalue weighted by Crippen LogP contribution is -2.30. The summed E-state index contributed by atoms with van der Waals surface area (Å²) in [6, 6.07) is 11.3. The number of thiazole rings is 1. The number of nitrogens with zero attached hydrogens (tertiary/aromatic N) is 1. The molecule has 0 fully saturated rings. The molecule has 5 nitrogen and oxygen atoms in total. The van der Waals surface area contributed by atoms with E-state index >= 15 is 0 Å². The van der Waals surface area contributed by atoms with E-state index in [0.29, 0.717) is 12.2 Å². The zero-order valence-electron chi connectivity index (χ0n) is 16.6. The van der Waals surface area contributed by atoms with E-state index in [1.165, 1.54) is 23.4 Å². The molecule has 0 spiro atoms. The molecule has 0 bridgehead atoms. The Morgan fingerprint density at radius 2 is 2.07 bits per heavy atom. The van der Waals surface area contributed by atoms with Gasteiger partial charge < -0.3 is 10.3 Å². The summed E-state index contributed by atoms with van der Waals surface area (Å²) in [7, 11) is 0. The number of amides is 1. The number of carbonyl (C=O) groups is 1. The number of rotatable bonds is 6. The van der Waals surface area contributed by atoms with Crippen LogP contribution in [-0.4, -0.2) is 22.4 Å². The number of hydrogen-bond acceptors (Lipinski definition) is 4. The van der Waals surface area contributed by atoms with Gasteiger partial charge in [0.2, 0.25) is 0 Å². The first kappa shape index (κ1) is 19.6.